The predicted octanol–water partition coefficient (Wildman–Crippen LogP) is 5.83. The Bertz CT molecular complexity index is 1480. The molecule has 1 saturated carbocycles. The third-order valence-electron chi connectivity index (χ3n) is 7.63. The molecular weight excluding hydrogens is 618 g/mol. The number of hydrogen-bond donors (Lipinski definition) is 1. The van der Waals surface area contributed by atoms with E-state index in [2.05, 4.69) is 21.2 Å². The molecule has 3 aromatic carbocycles. The number of sulfonamides is 1. The number of benzene rings is 3. The maximum Gasteiger partial charge on any atom is 0.264 e. The number of halogens is 1. The van der Waals surface area contributed by atoms with Crippen LogP contribution in [0.4, 0.5) is 5.69 Å². The van der Waals surface area contributed by atoms with E-state index in [4.69, 9.17) is 4.74 Å². The summed E-state index contributed by atoms with van der Waals surface area (Å²) in [5.74, 6) is -0.240. The molecule has 4 rings (SSSR count). The van der Waals surface area contributed by atoms with Crippen molar-refractivity contribution >= 4 is 43.5 Å². The minimum atomic E-state index is -4.18. The summed E-state index contributed by atoms with van der Waals surface area (Å²) >= 11 is 3.37. The fraction of sp³-hybridized carbons (Fsp3) is 0.375. The van der Waals surface area contributed by atoms with E-state index < -0.39 is 28.5 Å². The molecule has 8 nitrogen and oxygen atoms in total. The highest BCUT2D eigenvalue weighted by atomic mass is 79.9. The number of carbonyl (C=O) groups excluding carboxylic acids is 2. The van der Waals surface area contributed by atoms with Crippen LogP contribution in [0.3, 0.4) is 0 Å². The van der Waals surface area contributed by atoms with Crippen molar-refractivity contribution in [3.63, 3.8) is 0 Å². The first-order chi connectivity index (χ1) is 20.1. The van der Waals surface area contributed by atoms with Crippen molar-refractivity contribution in [1.82, 2.24) is 10.2 Å². The van der Waals surface area contributed by atoms with E-state index in [1.54, 1.807) is 37.3 Å². The zero-order valence-corrected chi connectivity index (χ0v) is 26.7. The monoisotopic (exact) mass is 655 g/mol. The molecule has 0 unspecified atom stereocenters. The summed E-state index contributed by atoms with van der Waals surface area (Å²) in [4.78, 5) is 29.0. The van der Waals surface area contributed by atoms with E-state index in [-0.39, 0.29) is 23.4 Å². The minimum Gasteiger partial charge on any atom is -0.496 e. The SMILES string of the molecule is COc1ccc(S(=O)(=O)N(CC(=O)N(Cc2ccccc2)[C@H](C)C(=O)NC2CCCCC2)c2ccc(C)cc2)cc1Br. The van der Waals surface area contributed by atoms with Gasteiger partial charge in [0.05, 0.1) is 22.2 Å². The second kappa shape index (κ2) is 14.2. The lowest BCUT2D eigenvalue weighted by molar-refractivity contribution is -0.139. The quantitative estimate of drug-likeness (QED) is 0.281. The fourth-order valence-corrected chi connectivity index (χ4v) is 7.24. The molecule has 1 atom stereocenters. The van der Waals surface area contributed by atoms with Gasteiger partial charge in [0.25, 0.3) is 10.0 Å². The highest BCUT2D eigenvalue weighted by Gasteiger charge is 2.33. The van der Waals surface area contributed by atoms with Crippen LogP contribution >= 0.6 is 15.9 Å². The Morgan fingerprint density at radius 2 is 1.67 bits per heavy atom. The van der Waals surface area contributed by atoms with Gasteiger partial charge in [-0.3, -0.25) is 13.9 Å². The van der Waals surface area contributed by atoms with Crippen molar-refractivity contribution in [2.75, 3.05) is 18.0 Å². The minimum absolute atomic E-state index is 0.00116. The average Bonchev–Trinajstić information content (AvgIpc) is 2.99. The maximum atomic E-state index is 14.1. The van der Waals surface area contributed by atoms with Gasteiger partial charge in [-0.05, 0) is 78.5 Å². The summed E-state index contributed by atoms with van der Waals surface area (Å²) in [5, 5.41) is 3.12. The van der Waals surface area contributed by atoms with E-state index >= 15 is 0 Å². The number of hydrogen-bond acceptors (Lipinski definition) is 5. The third-order valence-corrected chi connectivity index (χ3v) is 10.0. The Hall–Kier alpha value is -3.37. The molecule has 1 aliphatic rings. The van der Waals surface area contributed by atoms with Crippen molar-refractivity contribution in [3.05, 3.63) is 88.4 Å². The summed E-state index contributed by atoms with van der Waals surface area (Å²) in [7, 11) is -2.69. The van der Waals surface area contributed by atoms with Crippen molar-refractivity contribution < 1.29 is 22.7 Å². The molecule has 224 valence electrons. The standard InChI is InChI=1S/C32H38BrN3O5S/c1-23-14-16-27(17-15-23)36(42(39,40)28-18-19-30(41-3)29(33)20-28)22-31(37)35(21-25-10-6-4-7-11-25)24(2)32(38)34-26-12-8-5-9-13-26/h4,6-7,10-11,14-20,24,26H,5,8-9,12-13,21-22H2,1-3H3,(H,34,38)/t24-/m1/s1. The van der Waals surface area contributed by atoms with E-state index in [0.717, 1.165) is 47.5 Å². The molecule has 10 heteroatoms. The summed E-state index contributed by atoms with van der Waals surface area (Å²) < 4.78 is 35.0. The second-order valence-electron chi connectivity index (χ2n) is 10.7. The number of nitrogens with zero attached hydrogens (tertiary/aromatic N) is 2. The Labute approximate surface area is 257 Å². The maximum absolute atomic E-state index is 14.1. The van der Waals surface area contributed by atoms with Gasteiger partial charge in [0.15, 0.2) is 0 Å². The number of amides is 2. The molecule has 0 bridgehead atoms. The third kappa shape index (κ3) is 7.72. The van der Waals surface area contributed by atoms with Gasteiger partial charge in [0.2, 0.25) is 11.8 Å². The van der Waals surface area contributed by atoms with Gasteiger partial charge < -0.3 is 15.0 Å². The molecule has 0 saturated heterocycles. The van der Waals surface area contributed by atoms with Gasteiger partial charge in [0, 0.05) is 12.6 Å². The molecule has 0 aliphatic heterocycles. The van der Waals surface area contributed by atoms with Crippen LogP contribution < -0.4 is 14.4 Å². The molecule has 0 spiro atoms. The van der Waals surface area contributed by atoms with E-state index in [0.29, 0.717) is 15.9 Å². The number of methoxy groups -OCH3 is 1. The summed E-state index contributed by atoms with van der Waals surface area (Å²) in [6.45, 7) is 3.28. The summed E-state index contributed by atoms with van der Waals surface area (Å²) in [5.41, 5.74) is 2.14. The van der Waals surface area contributed by atoms with E-state index in [1.165, 1.54) is 24.1 Å². The lowest BCUT2D eigenvalue weighted by Crippen LogP contribution is -2.53. The van der Waals surface area contributed by atoms with Crippen molar-refractivity contribution in [2.45, 2.75) is 69.5 Å². The van der Waals surface area contributed by atoms with Crippen LogP contribution in [0.25, 0.3) is 0 Å². The highest BCUT2D eigenvalue weighted by molar-refractivity contribution is 9.10. The molecule has 3 aromatic rings. The lowest BCUT2D eigenvalue weighted by atomic mass is 9.95. The fourth-order valence-electron chi connectivity index (χ4n) is 5.11. The van der Waals surface area contributed by atoms with Crippen LogP contribution in [0.5, 0.6) is 5.75 Å². The van der Waals surface area contributed by atoms with Gasteiger partial charge >= 0.3 is 0 Å². The second-order valence-corrected chi connectivity index (χ2v) is 13.4. The van der Waals surface area contributed by atoms with Crippen molar-refractivity contribution in [1.29, 1.82) is 0 Å². The normalized spacial score (nSPS) is 14.6. The Balaban J connectivity index is 1.68. The molecule has 1 aliphatic carbocycles. The van der Waals surface area contributed by atoms with Crippen molar-refractivity contribution in [2.24, 2.45) is 0 Å². The van der Waals surface area contributed by atoms with Crippen molar-refractivity contribution in [3.8, 4) is 5.75 Å². The van der Waals surface area contributed by atoms with Gasteiger partial charge in [-0.15, -0.1) is 0 Å². The number of carbonyl (C=O) groups is 2. The summed E-state index contributed by atoms with van der Waals surface area (Å²) in [6.07, 6.45) is 5.13. The molecule has 0 radical (unpaired) electrons. The highest BCUT2D eigenvalue weighted by Crippen LogP contribution is 2.31. The molecule has 0 aromatic heterocycles. The van der Waals surface area contributed by atoms with Gasteiger partial charge in [0.1, 0.15) is 18.3 Å². The molecule has 2 amide bonds. The Morgan fingerprint density at radius 1 is 1.00 bits per heavy atom. The summed E-state index contributed by atoms with van der Waals surface area (Å²) in [6, 6.07) is 20.1. The van der Waals surface area contributed by atoms with Crippen LogP contribution in [-0.4, -0.2) is 50.9 Å². The lowest BCUT2D eigenvalue weighted by Gasteiger charge is -2.33. The predicted molar refractivity (Wildman–Crippen MR) is 168 cm³/mol. The number of anilines is 1. The Morgan fingerprint density at radius 3 is 2.29 bits per heavy atom. The van der Waals surface area contributed by atoms with Crippen LogP contribution in [0.15, 0.2) is 82.2 Å². The van der Waals surface area contributed by atoms with Crippen LogP contribution in [0.1, 0.15) is 50.2 Å². The number of ether oxygens (including phenoxy) is 1. The number of aryl methyl sites for hydroxylation is 1. The molecule has 0 heterocycles. The zero-order chi connectivity index (χ0) is 30.3. The van der Waals surface area contributed by atoms with Gasteiger partial charge in [-0.25, -0.2) is 8.42 Å². The largest absolute Gasteiger partial charge is 0.496 e. The average molecular weight is 657 g/mol. The number of nitrogens with one attached hydrogen (secondary N) is 1. The molecule has 42 heavy (non-hydrogen) atoms. The van der Waals surface area contributed by atoms with Crippen LogP contribution in [-0.2, 0) is 26.2 Å². The molecular formula is C32H38BrN3O5S. The van der Waals surface area contributed by atoms with Crippen LogP contribution in [0.2, 0.25) is 0 Å². The first kappa shape index (κ1) is 31.6. The topological polar surface area (TPSA) is 96.0 Å². The zero-order valence-electron chi connectivity index (χ0n) is 24.3. The van der Waals surface area contributed by atoms with Crippen LogP contribution in [0, 0.1) is 6.92 Å². The van der Waals surface area contributed by atoms with E-state index in [1.807, 2.05) is 37.3 Å². The molecule has 1 fully saturated rings. The van der Waals surface area contributed by atoms with Gasteiger partial charge in [-0.1, -0.05) is 67.3 Å². The van der Waals surface area contributed by atoms with E-state index in [9.17, 15) is 18.0 Å². The Kier molecular flexibility index (Phi) is 10.7. The first-order valence-electron chi connectivity index (χ1n) is 14.2. The number of rotatable bonds is 11. The van der Waals surface area contributed by atoms with Gasteiger partial charge in [-0.2, -0.15) is 0 Å². The molecule has 1 N–H and O–H groups in total. The first-order valence-corrected chi connectivity index (χ1v) is 16.4. The smallest absolute Gasteiger partial charge is 0.264 e.